The fourth-order valence-corrected chi connectivity index (χ4v) is 5.46. The molecule has 0 saturated carbocycles. The molecule has 0 amide bonds. The summed E-state index contributed by atoms with van der Waals surface area (Å²) in [4.78, 5) is 26.8. The van der Waals surface area contributed by atoms with Crippen molar-refractivity contribution in [1.82, 2.24) is 24.8 Å². The number of para-hydroxylation sites is 1. The normalized spacial score (nSPS) is 24.2. The van der Waals surface area contributed by atoms with E-state index in [0.717, 1.165) is 11.3 Å². The Kier molecular flexibility index (Phi) is 7.38. The minimum absolute atomic E-state index is 0.204. The van der Waals surface area contributed by atoms with Gasteiger partial charge in [0, 0.05) is 18.3 Å². The Bertz CT molecular complexity index is 1440. The number of hydrogen-bond acceptors (Lipinski definition) is 13. The summed E-state index contributed by atoms with van der Waals surface area (Å²) in [5, 5.41) is 6.65. The van der Waals surface area contributed by atoms with E-state index in [0.29, 0.717) is 56.7 Å². The molecule has 14 heteroatoms. The number of aromatic nitrogens is 4. The lowest BCUT2D eigenvalue weighted by atomic mass is 10.1. The second-order valence-electron chi connectivity index (χ2n) is 10.6. The fourth-order valence-electron chi connectivity index (χ4n) is 5.46. The van der Waals surface area contributed by atoms with E-state index >= 15 is 0 Å². The molecule has 218 valence electrons. The van der Waals surface area contributed by atoms with Gasteiger partial charge in [0.1, 0.15) is 42.4 Å². The van der Waals surface area contributed by atoms with Crippen LogP contribution in [0.25, 0.3) is 0 Å². The molecular formula is C27H35N9O5. The van der Waals surface area contributed by atoms with E-state index in [4.69, 9.17) is 30.4 Å². The van der Waals surface area contributed by atoms with Crippen molar-refractivity contribution >= 4 is 23.1 Å². The highest BCUT2D eigenvalue weighted by atomic mass is 16.8. The number of benzene rings is 1. The van der Waals surface area contributed by atoms with E-state index in [-0.39, 0.29) is 24.1 Å². The Labute approximate surface area is 237 Å². The van der Waals surface area contributed by atoms with Crippen molar-refractivity contribution in [1.29, 1.82) is 0 Å². The third-order valence-corrected chi connectivity index (χ3v) is 7.35. The monoisotopic (exact) mass is 565 g/mol. The topological polar surface area (TPSA) is 177 Å². The quantitative estimate of drug-likeness (QED) is 0.255. The second kappa shape index (κ2) is 11.1. The molecule has 0 bridgehead atoms. The van der Waals surface area contributed by atoms with Gasteiger partial charge >= 0.3 is 5.69 Å². The molecule has 2 fully saturated rings. The van der Waals surface area contributed by atoms with Crippen molar-refractivity contribution in [2.75, 3.05) is 41.5 Å². The van der Waals surface area contributed by atoms with E-state index in [9.17, 15) is 4.79 Å². The smallest absolute Gasteiger partial charge is 0.349 e. The Morgan fingerprint density at radius 3 is 2.78 bits per heavy atom. The van der Waals surface area contributed by atoms with Crippen LogP contribution in [0.3, 0.4) is 0 Å². The van der Waals surface area contributed by atoms with Crippen LogP contribution in [0, 0.1) is 0 Å². The average Bonchev–Trinajstić information content (AvgIpc) is 3.61. The first-order valence-electron chi connectivity index (χ1n) is 13.7. The van der Waals surface area contributed by atoms with Crippen LogP contribution in [-0.4, -0.2) is 69.7 Å². The van der Waals surface area contributed by atoms with Gasteiger partial charge in [-0.05, 0) is 38.9 Å². The van der Waals surface area contributed by atoms with Crippen molar-refractivity contribution in [3.63, 3.8) is 0 Å². The summed E-state index contributed by atoms with van der Waals surface area (Å²) in [6.07, 6.45) is 2.65. The first-order chi connectivity index (χ1) is 19.8. The minimum Gasteiger partial charge on any atom is -0.492 e. The molecule has 4 unspecified atom stereocenters. The molecule has 3 aliphatic rings. The molecule has 2 aromatic heterocycles. The summed E-state index contributed by atoms with van der Waals surface area (Å²) in [6, 6.07) is 9.45. The van der Waals surface area contributed by atoms with Gasteiger partial charge in [0.05, 0.1) is 19.3 Å². The van der Waals surface area contributed by atoms with Gasteiger partial charge in [-0.3, -0.25) is 4.57 Å². The zero-order chi connectivity index (χ0) is 28.6. The molecule has 0 radical (unpaired) electrons. The molecule has 2 saturated heterocycles. The highest BCUT2D eigenvalue weighted by Crippen LogP contribution is 2.44. The number of nitrogens with one attached hydrogen (secondary N) is 2. The highest BCUT2D eigenvalue weighted by molar-refractivity contribution is 5.80. The summed E-state index contributed by atoms with van der Waals surface area (Å²) >= 11 is 0. The van der Waals surface area contributed by atoms with Gasteiger partial charge in [-0.1, -0.05) is 18.2 Å². The average molecular weight is 566 g/mol. The maximum atomic E-state index is 12.4. The van der Waals surface area contributed by atoms with Crippen LogP contribution in [0.5, 0.6) is 5.75 Å². The molecule has 14 nitrogen and oxygen atoms in total. The lowest BCUT2D eigenvalue weighted by Gasteiger charge is -2.30. The molecule has 5 heterocycles. The molecule has 3 aliphatic heterocycles. The number of fused-ring (bicyclic) bond motifs is 2. The van der Waals surface area contributed by atoms with Crippen molar-refractivity contribution in [2.45, 2.75) is 63.7 Å². The molecule has 0 aliphatic carbocycles. The van der Waals surface area contributed by atoms with Crippen molar-refractivity contribution < 1.29 is 18.9 Å². The van der Waals surface area contributed by atoms with Crippen LogP contribution in [0.1, 0.15) is 25.8 Å². The number of nitrogen functional groups attached to an aromatic ring is 2. The molecule has 6 N–H and O–H groups in total. The number of anilines is 4. The van der Waals surface area contributed by atoms with Crippen LogP contribution >= 0.6 is 0 Å². The van der Waals surface area contributed by atoms with E-state index < -0.39 is 17.7 Å². The largest absolute Gasteiger partial charge is 0.492 e. The molecule has 6 rings (SSSR count). The number of hydrogen-bond donors (Lipinski definition) is 4. The Morgan fingerprint density at radius 2 is 1.95 bits per heavy atom. The third kappa shape index (κ3) is 5.63. The zero-order valence-corrected chi connectivity index (χ0v) is 23.0. The predicted octanol–water partition coefficient (Wildman–Crippen LogP) is 0.891. The number of ether oxygens (including phenoxy) is 4. The highest BCUT2D eigenvalue weighted by Gasteiger charge is 2.57. The SMILES string of the molecule is CC1(C)OC2C(CCNCc3cn(CCOc4ccccc4)c(=O)nc3N)OC(N3CNc4c(N)ncnc43)C2O1. The minimum atomic E-state index is -0.734. The molecule has 3 aromatic rings. The second-order valence-corrected chi connectivity index (χ2v) is 10.6. The summed E-state index contributed by atoms with van der Waals surface area (Å²) in [5.74, 6) is 1.28. The summed E-state index contributed by atoms with van der Waals surface area (Å²) in [7, 11) is 0. The molecule has 4 atom stereocenters. The molecule has 1 aromatic carbocycles. The maximum Gasteiger partial charge on any atom is 0.349 e. The number of rotatable bonds is 10. The lowest BCUT2D eigenvalue weighted by molar-refractivity contribution is -0.187. The molecule has 0 spiro atoms. The van der Waals surface area contributed by atoms with Crippen LogP contribution in [0.15, 0.2) is 47.7 Å². The summed E-state index contributed by atoms with van der Waals surface area (Å²) in [5.41, 5.74) is 13.1. The van der Waals surface area contributed by atoms with E-state index in [1.54, 1.807) is 6.20 Å². The van der Waals surface area contributed by atoms with Crippen LogP contribution in [-0.2, 0) is 27.3 Å². The van der Waals surface area contributed by atoms with Crippen LogP contribution in [0.4, 0.5) is 23.1 Å². The van der Waals surface area contributed by atoms with E-state index in [1.165, 1.54) is 10.9 Å². The van der Waals surface area contributed by atoms with Gasteiger partial charge in [0.15, 0.2) is 23.7 Å². The van der Waals surface area contributed by atoms with Gasteiger partial charge < -0.3 is 45.9 Å². The van der Waals surface area contributed by atoms with Gasteiger partial charge in [-0.2, -0.15) is 4.98 Å². The van der Waals surface area contributed by atoms with Crippen molar-refractivity contribution in [3.05, 3.63) is 58.9 Å². The maximum absolute atomic E-state index is 12.4. The summed E-state index contributed by atoms with van der Waals surface area (Å²) in [6.45, 7) is 6.02. The first-order valence-corrected chi connectivity index (χ1v) is 13.7. The van der Waals surface area contributed by atoms with Crippen molar-refractivity contribution in [3.8, 4) is 5.75 Å². The van der Waals surface area contributed by atoms with Crippen LogP contribution in [0.2, 0.25) is 0 Å². The zero-order valence-electron chi connectivity index (χ0n) is 23.0. The van der Waals surface area contributed by atoms with Gasteiger partial charge in [0.2, 0.25) is 0 Å². The molecular weight excluding hydrogens is 530 g/mol. The van der Waals surface area contributed by atoms with Gasteiger partial charge in [0.25, 0.3) is 0 Å². The Hall–Kier alpha value is -3.98. The molecule has 41 heavy (non-hydrogen) atoms. The van der Waals surface area contributed by atoms with Crippen LogP contribution < -0.4 is 37.4 Å². The number of nitrogens with zero attached hydrogens (tertiary/aromatic N) is 5. The van der Waals surface area contributed by atoms with Crippen molar-refractivity contribution in [2.24, 2.45) is 0 Å². The number of nitrogens with two attached hydrogens (primary N) is 2. The Morgan fingerprint density at radius 1 is 1.15 bits per heavy atom. The Balaban J connectivity index is 1.06. The van der Waals surface area contributed by atoms with Gasteiger partial charge in [-0.15, -0.1) is 0 Å². The van der Waals surface area contributed by atoms with E-state index in [2.05, 4.69) is 25.6 Å². The van der Waals surface area contributed by atoms with E-state index in [1.807, 2.05) is 49.1 Å². The third-order valence-electron chi connectivity index (χ3n) is 7.35. The predicted molar refractivity (Wildman–Crippen MR) is 151 cm³/mol. The first kappa shape index (κ1) is 27.2. The standard InChI is InChI=1S/C27H35N9O5/c1-27(2)40-20-18(39-25(21(20)41-27)36-15-33-19-23(29)31-14-32-24(19)36)8-9-30-12-16-13-35(26(37)34-22(16)28)10-11-38-17-6-4-3-5-7-17/h3-7,13-14,18,20-21,25,30,33H,8-12,15H2,1-2H3,(H2,28,34,37)(H2,29,31,32). The van der Waals surface area contributed by atoms with Gasteiger partial charge in [-0.25, -0.2) is 14.8 Å². The fraction of sp³-hybridized carbons (Fsp3) is 0.481. The lowest BCUT2D eigenvalue weighted by Crippen LogP contribution is -2.44. The summed E-state index contributed by atoms with van der Waals surface area (Å²) < 4.78 is 26.3.